The maximum atomic E-state index is 5.02. The van der Waals surface area contributed by atoms with Crippen LogP contribution in [0.25, 0.3) is 0 Å². The molecule has 1 N–H and O–H groups in total. The number of hydrogen-bond donors (Lipinski definition) is 1. The van der Waals surface area contributed by atoms with Crippen LogP contribution in [0.5, 0.6) is 0 Å². The second-order valence-corrected chi connectivity index (χ2v) is 4.56. The van der Waals surface area contributed by atoms with E-state index in [2.05, 4.69) is 19.2 Å². The van der Waals surface area contributed by atoms with Crippen molar-refractivity contribution in [2.75, 3.05) is 20.3 Å². The maximum absolute atomic E-state index is 5.02. The number of rotatable bonds is 4. The van der Waals surface area contributed by atoms with Crippen LogP contribution in [0.2, 0.25) is 0 Å². The molecule has 1 rings (SSSR count). The topological polar surface area (TPSA) is 21.3 Å². The summed E-state index contributed by atoms with van der Waals surface area (Å²) in [6.45, 7) is 6.56. The highest BCUT2D eigenvalue weighted by molar-refractivity contribution is 4.79. The molecule has 0 unspecified atom stereocenters. The van der Waals surface area contributed by atoms with E-state index in [1.54, 1.807) is 7.11 Å². The Balaban J connectivity index is 2.17. The predicted octanol–water partition coefficient (Wildman–Crippen LogP) is 2.05. The number of hydrogen-bond acceptors (Lipinski definition) is 2. The Morgan fingerprint density at radius 3 is 2.31 bits per heavy atom. The molecule has 1 aliphatic carbocycles. The Kier molecular flexibility index (Phi) is 4.74. The molecule has 0 aromatic rings. The molecule has 0 bridgehead atoms. The standard InChI is InChI=1S/C11H23NO/c1-9-6-10(2)8-11(7-9)12-4-5-13-3/h9-12H,4-8H2,1-3H3/t9-,10-/m0/s1. The summed E-state index contributed by atoms with van der Waals surface area (Å²) in [6, 6.07) is 0.730. The van der Waals surface area contributed by atoms with Gasteiger partial charge in [-0.1, -0.05) is 13.8 Å². The van der Waals surface area contributed by atoms with Crippen LogP contribution in [0.4, 0.5) is 0 Å². The summed E-state index contributed by atoms with van der Waals surface area (Å²) in [6.07, 6.45) is 4.09. The lowest BCUT2D eigenvalue weighted by atomic mass is 9.80. The highest BCUT2D eigenvalue weighted by Crippen LogP contribution is 2.28. The summed E-state index contributed by atoms with van der Waals surface area (Å²) in [5, 5.41) is 3.56. The minimum Gasteiger partial charge on any atom is -0.383 e. The van der Waals surface area contributed by atoms with E-state index in [4.69, 9.17) is 4.74 Å². The summed E-state index contributed by atoms with van der Waals surface area (Å²) in [5.41, 5.74) is 0. The molecule has 0 spiro atoms. The first-order valence-electron chi connectivity index (χ1n) is 5.44. The summed E-state index contributed by atoms with van der Waals surface area (Å²) in [5.74, 6) is 1.78. The fraction of sp³-hybridized carbons (Fsp3) is 1.00. The van der Waals surface area contributed by atoms with Gasteiger partial charge >= 0.3 is 0 Å². The predicted molar refractivity (Wildman–Crippen MR) is 55.8 cm³/mol. The quantitative estimate of drug-likeness (QED) is 0.677. The molecule has 0 aromatic carbocycles. The van der Waals surface area contributed by atoms with Crippen molar-refractivity contribution >= 4 is 0 Å². The lowest BCUT2D eigenvalue weighted by Crippen LogP contribution is -2.37. The van der Waals surface area contributed by atoms with E-state index in [9.17, 15) is 0 Å². The van der Waals surface area contributed by atoms with E-state index in [0.29, 0.717) is 0 Å². The highest BCUT2D eigenvalue weighted by Gasteiger charge is 2.22. The van der Waals surface area contributed by atoms with Gasteiger partial charge in [-0.2, -0.15) is 0 Å². The van der Waals surface area contributed by atoms with Gasteiger partial charge < -0.3 is 10.1 Å². The monoisotopic (exact) mass is 185 g/mol. The molecule has 2 nitrogen and oxygen atoms in total. The molecule has 78 valence electrons. The summed E-state index contributed by atoms with van der Waals surface area (Å²) >= 11 is 0. The Labute approximate surface area is 82.0 Å². The third-order valence-electron chi connectivity index (χ3n) is 2.92. The van der Waals surface area contributed by atoms with Gasteiger partial charge in [-0.05, 0) is 31.1 Å². The molecule has 0 radical (unpaired) electrons. The lowest BCUT2D eigenvalue weighted by molar-refractivity contribution is 0.180. The molecule has 0 heterocycles. The summed E-state index contributed by atoms with van der Waals surface area (Å²) in [7, 11) is 1.76. The normalized spacial score (nSPS) is 34.8. The van der Waals surface area contributed by atoms with Crippen molar-refractivity contribution < 1.29 is 4.74 Å². The molecule has 2 atom stereocenters. The lowest BCUT2D eigenvalue weighted by Gasteiger charge is -2.32. The minimum atomic E-state index is 0.730. The molecular formula is C11H23NO. The van der Waals surface area contributed by atoms with Crippen molar-refractivity contribution in [2.45, 2.75) is 39.2 Å². The molecule has 0 amide bonds. The van der Waals surface area contributed by atoms with Crippen LogP contribution in [0, 0.1) is 11.8 Å². The van der Waals surface area contributed by atoms with Gasteiger partial charge in [-0.15, -0.1) is 0 Å². The Bertz CT molecular complexity index is 128. The zero-order valence-electron chi connectivity index (χ0n) is 9.18. The molecule has 0 saturated heterocycles. The van der Waals surface area contributed by atoms with E-state index >= 15 is 0 Å². The van der Waals surface area contributed by atoms with Crippen molar-refractivity contribution in [3.8, 4) is 0 Å². The highest BCUT2D eigenvalue weighted by atomic mass is 16.5. The SMILES string of the molecule is COCCNC1C[C@@H](C)C[C@H](C)C1. The van der Waals surface area contributed by atoms with Crippen LogP contribution in [-0.2, 0) is 4.74 Å². The van der Waals surface area contributed by atoms with Gasteiger partial charge in [0, 0.05) is 19.7 Å². The Hall–Kier alpha value is -0.0800. The maximum Gasteiger partial charge on any atom is 0.0587 e. The van der Waals surface area contributed by atoms with Gasteiger partial charge in [0.2, 0.25) is 0 Å². The molecule has 0 aromatic heterocycles. The first-order valence-corrected chi connectivity index (χ1v) is 5.44. The van der Waals surface area contributed by atoms with Crippen LogP contribution in [0.1, 0.15) is 33.1 Å². The van der Waals surface area contributed by atoms with Crippen molar-refractivity contribution in [3.05, 3.63) is 0 Å². The van der Waals surface area contributed by atoms with Gasteiger partial charge in [0.25, 0.3) is 0 Å². The molecular weight excluding hydrogens is 162 g/mol. The largest absolute Gasteiger partial charge is 0.383 e. The van der Waals surface area contributed by atoms with Crippen LogP contribution < -0.4 is 5.32 Å². The Morgan fingerprint density at radius 2 is 1.77 bits per heavy atom. The van der Waals surface area contributed by atoms with Gasteiger partial charge in [0.15, 0.2) is 0 Å². The van der Waals surface area contributed by atoms with Crippen molar-refractivity contribution in [2.24, 2.45) is 11.8 Å². The van der Waals surface area contributed by atoms with Gasteiger partial charge in [0.05, 0.1) is 6.61 Å². The zero-order valence-corrected chi connectivity index (χ0v) is 9.18. The van der Waals surface area contributed by atoms with E-state index in [1.165, 1.54) is 19.3 Å². The Morgan fingerprint density at radius 1 is 1.15 bits per heavy atom. The third-order valence-corrected chi connectivity index (χ3v) is 2.92. The van der Waals surface area contributed by atoms with Gasteiger partial charge in [-0.25, -0.2) is 0 Å². The van der Waals surface area contributed by atoms with E-state index < -0.39 is 0 Å². The van der Waals surface area contributed by atoms with Crippen molar-refractivity contribution in [1.29, 1.82) is 0 Å². The molecule has 0 aliphatic heterocycles. The first-order chi connectivity index (χ1) is 6.22. The first kappa shape index (κ1) is 11.0. The zero-order chi connectivity index (χ0) is 9.68. The van der Waals surface area contributed by atoms with Gasteiger partial charge in [-0.3, -0.25) is 0 Å². The van der Waals surface area contributed by atoms with Crippen LogP contribution in [0.15, 0.2) is 0 Å². The molecule has 1 aliphatic rings. The fourth-order valence-corrected chi connectivity index (χ4v) is 2.48. The fourth-order valence-electron chi connectivity index (χ4n) is 2.48. The van der Waals surface area contributed by atoms with Crippen LogP contribution in [-0.4, -0.2) is 26.3 Å². The average Bonchev–Trinajstić information content (AvgIpc) is 2.03. The summed E-state index contributed by atoms with van der Waals surface area (Å²) in [4.78, 5) is 0. The third kappa shape index (κ3) is 4.10. The average molecular weight is 185 g/mol. The van der Waals surface area contributed by atoms with E-state index in [1.807, 2.05) is 0 Å². The van der Waals surface area contributed by atoms with E-state index in [0.717, 1.165) is 31.0 Å². The van der Waals surface area contributed by atoms with E-state index in [-0.39, 0.29) is 0 Å². The minimum absolute atomic E-state index is 0.730. The number of ether oxygens (including phenoxy) is 1. The van der Waals surface area contributed by atoms with Crippen molar-refractivity contribution in [3.63, 3.8) is 0 Å². The molecule has 1 fully saturated rings. The number of methoxy groups -OCH3 is 1. The molecule has 2 heteroatoms. The number of nitrogens with one attached hydrogen (secondary N) is 1. The van der Waals surface area contributed by atoms with Crippen LogP contribution >= 0.6 is 0 Å². The molecule has 1 saturated carbocycles. The summed E-state index contributed by atoms with van der Waals surface area (Å²) < 4.78 is 5.02. The smallest absolute Gasteiger partial charge is 0.0587 e. The molecule has 13 heavy (non-hydrogen) atoms. The second kappa shape index (κ2) is 5.61. The second-order valence-electron chi connectivity index (χ2n) is 4.56. The van der Waals surface area contributed by atoms with Crippen LogP contribution in [0.3, 0.4) is 0 Å². The van der Waals surface area contributed by atoms with Crippen molar-refractivity contribution in [1.82, 2.24) is 5.32 Å². The van der Waals surface area contributed by atoms with Gasteiger partial charge in [0.1, 0.15) is 0 Å².